The van der Waals surface area contributed by atoms with E-state index in [0.29, 0.717) is 18.8 Å². The topological polar surface area (TPSA) is 58.7 Å². The first-order chi connectivity index (χ1) is 7.72. The van der Waals surface area contributed by atoms with Crippen molar-refractivity contribution >= 4 is 5.69 Å². The summed E-state index contributed by atoms with van der Waals surface area (Å²) in [6.07, 6.45) is 0.626. The molecule has 0 bridgehead atoms. The minimum atomic E-state index is 0.307. The minimum absolute atomic E-state index is 0.307. The first-order valence-corrected chi connectivity index (χ1v) is 5.61. The Bertz CT molecular complexity index is 325. The van der Waals surface area contributed by atoms with Gasteiger partial charge in [-0.15, -0.1) is 0 Å². The Morgan fingerprint density at radius 2 is 2.00 bits per heavy atom. The molecule has 0 aromatic heterocycles. The molecule has 1 aromatic carbocycles. The summed E-state index contributed by atoms with van der Waals surface area (Å²) in [4.78, 5) is 6.68. The van der Waals surface area contributed by atoms with Crippen LogP contribution in [0.5, 0.6) is 5.75 Å². The Hall–Kier alpha value is -1.26. The molecule has 0 amide bonds. The molecule has 0 heterocycles. The molecule has 1 aromatic rings. The van der Waals surface area contributed by atoms with Gasteiger partial charge in [0.1, 0.15) is 5.75 Å². The fraction of sp³-hybridized carbons (Fsp3) is 0.500. The summed E-state index contributed by atoms with van der Waals surface area (Å²) < 4.78 is 0. The summed E-state index contributed by atoms with van der Waals surface area (Å²) in [6.45, 7) is 6.47. The fourth-order valence-corrected chi connectivity index (χ4v) is 1.72. The number of aromatic hydroxyl groups is 1. The molecule has 1 rings (SSSR count). The molecule has 16 heavy (non-hydrogen) atoms. The molecule has 0 aliphatic heterocycles. The standard InChI is InChI=1S/C12H20N2O2/c1-3-14(4-2)11-6-5-10(7-8-16-13)12(15)9-11/h5-6,9,15H,3-4,7-8,13H2,1-2H3. The number of nitrogens with two attached hydrogens (primary N) is 1. The molecule has 0 unspecified atom stereocenters. The van der Waals surface area contributed by atoms with Crippen molar-refractivity contribution in [2.45, 2.75) is 20.3 Å². The molecule has 0 atom stereocenters. The van der Waals surface area contributed by atoms with Crippen LogP contribution in [0.2, 0.25) is 0 Å². The average molecular weight is 224 g/mol. The van der Waals surface area contributed by atoms with Gasteiger partial charge in [-0.25, -0.2) is 5.90 Å². The highest BCUT2D eigenvalue weighted by atomic mass is 16.6. The first kappa shape index (κ1) is 12.8. The van der Waals surface area contributed by atoms with Crippen LogP contribution in [0.15, 0.2) is 18.2 Å². The van der Waals surface area contributed by atoms with Crippen molar-refractivity contribution in [3.63, 3.8) is 0 Å². The van der Waals surface area contributed by atoms with Gasteiger partial charge in [0.2, 0.25) is 0 Å². The van der Waals surface area contributed by atoms with Crippen LogP contribution in [-0.2, 0) is 11.3 Å². The van der Waals surface area contributed by atoms with Crippen LogP contribution < -0.4 is 10.8 Å². The normalized spacial score (nSPS) is 10.4. The Morgan fingerprint density at radius 3 is 2.50 bits per heavy atom. The Balaban J connectivity index is 2.81. The van der Waals surface area contributed by atoms with E-state index in [9.17, 15) is 5.11 Å². The maximum atomic E-state index is 9.83. The zero-order valence-electron chi connectivity index (χ0n) is 9.94. The molecule has 0 radical (unpaired) electrons. The molecule has 0 fully saturated rings. The van der Waals surface area contributed by atoms with E-state index in [0.717, 1.165) is 24.3 Å². The van der Waals surface area contributed by atoms with Crippen molar-refractivity contribution in [2.75, 3.05) is 24.6 Å². The SMILES string of the molecule is CCN(CC)c1ccc(CCON)c(O)c1. The van der Waals surface area contributed by atoms with Crippen molar-refractivity contribution in [3.05, 3.63) is 23.8 Å². The third-order valence-electron chi connectivity index (χ3n) is 2.69. The van der Waals surface area contributed by atoms with E-state index < -0.39 is 0 Å². The number of nitrogens with zero attached hydrogens (tertiary/aromatic N) is 1. The molecule has 0 aliphatic carbocycles. The summed E-state index contributed by atoms with van der Waals surface area (Å²) in [5, 5.41) is 9.83. The molecule has 0 aliphatic rings. The van der Waals surface area contributed by atoms with Gasteiger partial charge in [0.15, 0.2) is 0 Å². The lowest BCUT2D eigenvalue weighted by atomic mass is 10.1. The van der Waals surface area contributed by atoms with Gasteiger partial charge >= 0.3 is 0 Å². The smallest absolute Gasteiger partial charge is 0.120 e. The van der Waals surface area contributed by atoms with E-state index in [1.165, 1.54) is 0 Å². The molecule has 4 heteroatoms. The van der Waals surface area contributed by atoms with Gasteiger partial charge in [0, 0.05) is 31.3 Å². The number of hydrogen-bond donors (Lipinski definition) is 2. The highest BCUT2D eigenvalue weighted by molar-refractivity contribution is 5.53. The van der Waals surface area contributed by atoms with Crippen LogP contribution in [0.4, 0.5) is 5.69 Å². The van der Waals surface area contributed by atoms with Crippen molar-refractivity contribution in [1.29, 1.82) is 0 Å². The van der Waals surface area contributed by atoms with Gasteiger partial charge in [-0.2, -0.15) is 0 Å². The van der Waals surface area contributed by atoms with Crippen molar-refractivity contribution in [2.24, 2.45) is 5.90 Å². The third-order valence-corrected chi connectivity index (χ3v) is 2.69. The molecule has 0 saturated heterocycles. The Morgan fingerprint density at radius 1 is 1.31 bits per heavy atom. The molecular weight excluding hydrogens is 204 g/mol. The van der Waals surface area contributed by atoms with Crippen LogP contribution in [0, 0.1) is 0 Å². The van der Waals surface area contributed by atoms with E-state index >= 15 is 0 Å². The van der Waals surface area contributed by atoms with Gasteiger partial charge in [0.25, 0.3) is 0 Å². The third kappa shape index (κ3) is 3.12. The second-order valence-corrected chi connectivity index (χ2v) is 3.61. The van der Waals surface area contributed by atoms with Crippen molar-refractivity contribution in [3.8, 4) is 5.75 Å². The van der Waals surface area contributed by atoms with E-state index in [2.05, 4.69) is 23.6 Å². The number of phenolic OH excluding ortho intramolecular Hbond substituents is 1. The molecule has 4 nitrogen and oxygen atoms in total. The van der Waals surface area contributed by atoms with Crippen LogP contribution in [0.25, 0.3) is 0 Å². The van der Waals surface area contributed by atoms with Crippen LogP contribution in [-0.4, -0.2) is 24.8 Å². The number of anilines is 1. The number of hydrogen-bond acceptors (Lipinski definition) is 4. The molecular formula is C12H20N2O2. The summed E-state index contributed by atoms with van der Waals surface area (Å²) in [5.41, 5.74) is 1.90. The largest absolute Gasteiger partial charge is 0.508 e. The number of rotatable bonds is 6. The van der Waals surface area contributed by atoms with E-state index in [-0.39, 0.29) is 0 Å². The predicted molar refractivity (Wildman–Crippen MR) is 65.5 cm³/mol. The summed E-state index contributed by atoms with van der Waals surface area (Å²) in [5.74, 6) is 5.26. The van der Waals surface area contributed by atoms with Gasteiger partial charge in [-0.05, 0) is 25.5 Å². The predicted octanol–water partition coefficient (Wildman–Crippen LogP) is 1.67. The number of benzene rings is 1. The lowest BCUT2D eigenvalue weighted by Gasteiger charge is -2.21. The fourth-order valence-electron chi connectivity index (χ4n) is 1.72. The summed E-state index contributed by atoms with van der Waals surface area (Å²) >= 11 is 0. The Kier molecular flexibility index (Phi) is 5.08. The van der Waals surface area contributed by atoms with E-state index in [1.54, 1.807) is 6.07 Å². The van der Waals surface area contributed by atoms with Gasteiger partial charge in [0.05, 0.1) is 6.61 Å². The molecule has 3 N–H and O–H groups in total. The zero-order valence-corrected chi connectivity index (χ0v) is 9.94. The maximum Gasteiger partial charge on any atom is 0.120 e. The zero-order chi connectivity index (χ0) is 12.0. The minimum Gasteiger partial charge on any atom is -0.508 e. The summed E-state index contributed by atoms with van der Waals surface area (Å²) in [6, 6.07) is 5.72. The highest BCUT2D eigenvalue weighted by Crippen LogP contribution is 2.24. The lowest BCUT2D eigenvalue weighted by molar-refractivity contribution is 0.141. The second-order valence-electron chi connectivity index (χ2n) is 3.61. The van der Waals surface area contributed by atoms with Gasteiger partial charge in [-0.1, -0.05) is 6.07 Å². The highest BCUT2D eigenvalue weighted by Gasteiger charge is 2.06. The van der Waals surface area contributed by atoms with Crippen molar-refractivity contribution < 1.29 is 9.94 Å². The quantitative estimate of drug-likeness (QED) is 0.722. The monoisotopic (exact) mass is 224 g/mol. The van der Waals surface area contributed by atoms with E-state index in [4.69, 9.17) is 5.90 Å². The lowest BCUT2D eigenvalue weighted by Crippen LogP contribution is -2.21. The second kappa shape index (κ2) is 6.35. The molecule has 0 spiro atoms. The van der Waals surface area contributed by atoms with Gasteiger partial charge in [-0.3, -0.25) is 0 Å². The van der Waals surface area contributed by atoms with Crippen LogP contribution >= 0.6 is 0 Å². The Labute approximate surface area is 96.6 Å². The van der Waals surface area contributed by atoms with Crippen molar-refractivity contribution in [1.82, 2.24) is 0 Å². The molecule has 0 saturated carbocycles. The van der Waals surface area contributed by atoms with Crippen LogP contribution in [0.1, 0.15) is 19.4 Å². The maximum absolute atomic E-state index is 9.83. The average Bonchev–Trinajstić information content (AvgIpc) is 2.29. The molecule has 90 valence electrons. The van der Waals surface area contributed by atoms with E-state index in [1.807, 2.05) is 12.1 Å². The summed E-state index contributed by atoms with van der Waals surface area (Å²) in [7, 11) is 0. The number of phenols is 1. The van der Waals surface area contributed by atoms with Crippen LogP contribution in [0.3, 0.4) is 0 Å². The van der Waals surface area contributed by atoms with Gasteiger partial charge < -0.3 is 14.8 Å². The first-order valence-electron chi connectivity index (χ1n) is 5.61.